The van der Waals surface area contributed by atoms with Gasteiger partial charge in [-0.25, -0.2) is 9.13 Å². The first-order valence-corrected chi connectivity index (χ1v) is 42.0. The number of carbonyl (C=O) groups is 4. The molecular formula is C75H146O17P2. The SMILES string of the molecule is CCCCCCCCCCCCCCCCCCCCCCCC(=O)O[C@H](COC(=O)CCCCCCCCCCCCC(C)CC)COP(=O)(O)OC[C@@H](O)COP(=O)(O)OC[C@@H](COC(=O)CCCCCCCCC(C)C)OC(=O)CCCCCCCCCCCC. The lowest BCUT2D eigenvalue weighted by Crippen LogP contribution is -2.30. The molecule has 17 nitrogen and oxygen atoms in total. The monoisotopic (exact) mass is 1380 g/mol. The number of aliphatic hydroxyl groups excluding tert-OH is 1. The molecule has 94 heavy (non-hydrogen) atoms. The molecule has 0 saturated heterocycles. The summed E-state index contributed by atoms with van der Waals surface area (Å²) >= 11 is 0. The van der Waals surface area contributed by atoms with Gasteiger partial charge in [0.1, 0.15) is 19.3 Å². The Labute approximate surface area is 575 Å². The van der Waals surface area contributed by atoms with Crippen molar-refractivity contribution in [1.82, 2.24) is 0 Å². The molecule has 0 aromatic heterocycles. The lowest BCUT2D eigenvalue weighted by atomic mass is 9.99. The molecule has 0 aromatic rings. The summed E-state index contributed by atoms with van der Waals surface area (Å²) in [5, 5.41) is 10.6. The fourth-order valence-electron chi connectivity index (χ4n) is 11.4. The standard InChI is InChI=1S/C75H146O17P2/c1-7-10-12-14-16-18-20-21-22-23-24-25-26-27-28-29-30-36-40-48-54-60-75(80)91-70(63-85-72(77)57-51-45-38-35-32-31-33-37-44-50-56-68(6)9-3)65-89-93(81,82)87-61-69(76)62-88-94(83,84)90-66-71(64-86-73(78)58-52-46-42-41-43-49-55-67(4)5)92-74(79)59-53-47-39-34-19-17-15-13-11-8-2/h67-71,76H,7-66H2,1-6H3,(H,81,82)(H,83,84)/t68?,69-,70-,71-/m1/s1. The van der Waals surface area contributed by atoms with Crippen molar-refractivity contribution >= 4 is 39.5 Å². The topological polar surface area (TPSA) is 237 Å². The summed E-state index contributed by atoms with van der Waals surface area (Å²) in [6, 6.07) is 0. The molecule has 6 atom stereocenters. The van der Waals surface area contributed by atoms with Crippen LogP contribution in [0.25, 0.3) is 0 Å². The van der Waals surface area contributed by atoms with Crippen LogP contribution in [0.2, 0.25) is 0 Å². The van der Waals surface area contributed by atoms with Crippen molar-refractivity contribution in [1.29, 1.82) is 0 Å². The second-order valence-electron chi connectivity index (χ2n) is 27.8. The molecule has 0 aliphatic carbocycles. The van der Waals surface area contributed by atoms with E-state index in [0.29, 0.717) is 31.6 Å². The molecule has 0 rings (SSSR count). The molecule has 0 saturated carbocycles. The van der Waals surface area contributed by atoms with Crippen LogP contribution in [-0.2, 0) is 65.4 Å². The molecule has 0 aliphatic heterocycles. The zero-order valence-corrected chi connectivity index (χ0v) is 63.1. The maximum absolute atomic E-state index is 13.1. The van der Waals surface area contributed by atoms with Crippen molar-refractivity contribution in [2.75, 3.05) is 39.6 Å². The second-order valence-corrected chi connectivity index (χ2v) is 30.7. The van der Waals surface area contributed by atoms with Crippen molar-refractivity contribution in [3.63, 3.8) is 0 Å². The Morgan fingerprint density at radius 3 is 0.809 bits per heavy atom. The van der Waals surface area contributed by atoms with Gasteiger partial charge in [0.15, 0.2) is 12.2 Å². The smallest absolute Gasteiger partial charge is 0.462 e. The molecule has 0 amide bonds. The van der Waals surface area contributed by atoms with Crippen molar-refractivity contribution in [2.45, 2.75) is 407 Å². The molecule has 19 heteroatoms. The quantitative estimate of drug-likeness (QED) is 0.0222. The largest absolute Gasteiger partial charge is 0.472 e. The zero-order valence-electron chi connectivity index (χ0n) is 61.3. The molecule has 0 fully saturated rings. The Morgan fingerprint density at radius 2 is 0.543 bits per heavy atom. The summed E-state index contributed by atoms with van der Waals surface area (Å²) in [7, 11) is -9.90. The van der Waals surface area contributed by atoms with Gasteiger partial charge in [0.25, 0.3) is 0 Å². The maximum Gasteiger partial charge on any atom is 0.472 e. The first-order valence-electron chi connectivity index (χ1n) is 39.0. The minimum atomic E-state index is -4.96. The van der Waals surface area contributed by atoms with Gasteiger partial charge in [-0.15, -0.1) is 0 Å². The zero-order chi connectivity index (χ0) is 69.3. The molecule has 0 bridgehead atoms. The summed E-state index contributed by atoms with van der Waals surface area (Å²) in [5.41, 5.74) is 0. The fraction of sp³-hybridized carbons (Fsp3) is 0.947. The lowest BCUT2D eigenvalue weighted by Gasteiger charge is -2.21. The number of rotatable bonds is 74. The van der Waals surface area contributed by atoms with E-state index in [1.807, 2.05) is 0 Å². The summed E-state index contributed by atoms with van der Waals surface area (Å²) in [5.74, 6) is -0.632. The van der Waals surface area contributed by atoms with Gasteiger partial charge in [-0.3, -0.25) is 37.3 Å². The summed E-state index contributed by atoms with van der Waals surface area (Å²) in [6.45, 7) is 9.52. The average molecular weight is 1380 g/mol. The number of aliphatic hydroxyl groups is 1. The van der Waals surface area contributed by atoms with Gasteiger partial charge < -0.3 is 33.8 Å². The van der Waals surface area contributed by atoms with Gasteiger partial charge in [-0.1, -0.05) is 337 Å². The van der Waals surface area contributed by atoms with Crippen LogP contribution in [0.3, 0.4) is 0 Å². The summed E-state index contributed by atoms with van der Waals surface area (Å²) < 4.78 is 68.4. The highest BCUT2D eigenvalue weighted by atomic mass is 31.2. The van der Waals surface area contributed by atoms with Gasteiger partial charge in [0.05, 0.1) is 26.4 Å². The number of unbranched alkanes of at least 4 members (excludes halogenated alkanes) is 43. The van der Waals surface area contributed by atoms with Crippen molar-refractivity contribution in [3.05, 3.63) is 0 Å². The van der Waals surface area contributed by atoms with E-state index in [9.17, 15) is 43.2 Å². The second kappa shape index (κ2) is 66.9. The minimum Gasteiger partial charge on any atom is -0.462 e. The van der Waals surface area contributed by atoms with E-state index < -0.39 is 97.5 Å². The molecule has 0 aliphatic rings. The van der Waals surface area contributed by atoms with Crippen LogP contribution in [0, 0.1) is 11.8 Å². The highest BCUT2D eigenvalue weighted by molar-refractivity contribution is 7.47. The third kappa shape index (κ3) is 67.3. The van der Waals surface area contributed by atoms with E-state index in [0.717, 1.165) is 102 Å². The van der Waals surface area contributed by atoms with Crippen LogP contribution in [0.15, 0.2) is 0 Å². The van der Waals surface area contributed by atoms with Crippen LogP contribution in [-0.4, -0.2) is 96.7 Å². The van der Waals surface area contributed by atoms with E-state index in [1.165, 1.54) is 199 Å². The number of hydrogen-bond acceptors (Lipinski definition) is 15. The predicted octanol–water partition coefficient (Wildman–Crippen LogP) is 21.9. The fourth-order valence-corrected chi connectivity index (χ4v) is 13.0. The van der Waals surface area contributed by atoms with Gasteiger partial charge in [0, 0.05) is 25.7 Å². The Bertz CT molecular complexity index is 1820. The van der Waals surface area contributed by atoms with Crippen LogP contribution < -0.4 is 0 Å². The Morgan fingerprint density at radius 1 is 0.309 bits per heavy atom. The average Bonchev–Trinajstić information content (AvgIpc) is 1.20. The number of phosphoric acid groups is 2. The lowest BCUT2D eigenvalue weighted by molar-refractivity contribution is -0.161. The third-order valence-corrected chi connectivity index (χ3v) is 19.7. The van der Waals surface area contributed by atoms with E-state index in [-0.39, 0.29) is 25.7 Å². The van der Waals surface area contributed by atoms with Crippen molar-refractivity contribution < 1.29 is 80.2 Å². The Kier molecular flexibility index (Phi) is 65.5. The molecule has 3 N–H and O–H groups in total. The first-order chi connectivity index (χ1) is 45.4. The summed E-state index contributed by atoms with van der Waals surface area (Å²) in [4.78, 5) is 72.6. The molecule has 0 aromatic carbocycles. The van der Waals surface area contributed by atoms with Crippen molar-refractivity contribution in [3.8, 4) is 0 Å². The van der Waals surface area contributed by atoms with E-state index in [2.05, 4.69) is 41.5 Å². The molecular weight excluding hydrogens is 1230 g/mol. The van der Waals surface area contributed by atoms with Crippen LogP contribution >= 0.6 is 15.6 Å². The van der Waals surface area contributed by atoms with Crippen molar-refractivity contribution in [2.24, 2.45) is 11.8 Å². The maximum atomic E-state index is 13.1. The van der Waals surface area contributed by atoms with Gasteiger partial charge in [-0.05, 0) is 37.5 Å². The number of hydrogen-bond donors (Lipinski definition) is 3. The van der Waals surface area contributed by atoms with Gasteiger partial charge in [-0.2, -0.15) is 0 Å². The Balaban J connectivity index is 5.18. The van der Waals surface area contributed by atoms with Gasteiger partial charge >= 0.3 is 39.5 Å². The molecule has 0 radical (unpaired) electrons. The van der Waals surface area contributed by atoms with Crippen LogP contribution in [0.4, 0.5) is 0 Å². The Hall–Kier alpha value is -1.94. The van der Waals surface area contributed by atoms with E-state index in [4.69, 9.17) is 37.0 Å². The molecule has 3 unspecified atom stereocenters. The molecule has 0 heterocycles. The number of ether oxygens (including phenoxy) is 4. The van der Waals surface area contributed by atoms with E-state index in [1.54, 1.807) is 0 Å². The molecule has 558 valence electrons. The minimum absolute atomic E-state index is 0.105. The highest BCUT2D eigenvalue weighted by Crippen LogP contribution is 2.45. The van der Waals surface area contributed by atoms with E-state index >= 15 is 0 Å². The summed E-state index contributed by atoms with van der Waals surface area (Å²) in [6.07, 6.45) is 54.3. The third-order valence-electron chi connectivity index (χ3n) is 17.8. The van der Waals surface area contributed by atoms with Gasteiger partial charge in [0.2, 0.25) is 0 Å². The van der Waals surface area contributed by atoms with Crippen LogP contribution in [0.1, 0.15) is 388 Å². The number of esters is 4. The highest BCUT2D eigenvalue weighted by Gasteiger charge is 2.30. The number of carbonyl (C=O) groups excluding carboxylic acids is 4. The predicted molar refractivity (Wildman–Crippen MR) is 381 cm³/mol. The normalized spacial score (nSPS) is 14.3. The van der Waals surface area contributed by atoms with Crippen LogP contribution in [0.5, 0.6) is 0 Å². The molecule has 0 spiro atoms. The number of phosphoric ester groups is 2. The first kappa shape index (κ1) is 92.1.